The van der Waals surface area contributed by atoms with Crippen LogP contribution >= 0.6 is 11.6 Å². The number of likely N-dealkylation sites (N-methyl/N-ethyl adjacent to an activating group) is 1. The van der Waals surface area contributed by atoms with Crippen molar-refractivity contribution in [1.29, 1.82) is 0 Å². The van der Waals surface area contributed by atoms with Crippen molar-refractivity contribution >= 4 is 45.7 Å². The molecule has 5 aromatic rings. The molecule has 0 atom stereocenters. The van der Waals surface area contributed by atoms with E-state index in [4.69, 9.17) is 11.6 Å². The lowest BCUT2D eigenvalue weighted by Gasteiger charge is -2.33. The van der Waals surface area contributed by atoms with Crippen molar-refractivity contribution < 1.29 is 0 Å². The van der Waals surface area contributed by atoms with Crippen molar-refractivity contribution in [2.45, 2.75) is 0 Å². The van der Waals surface area contributed by atoms with Crippen LogP contribution in [0.2, 0.25) is 5.15 Å². The zero-order valence-electron chi connectivity index (χ0n) is 17.9. The van der Waals surface area contributed by atoms with Crippen LogP contribution in [0.25, 0.3) is 27.9 Å². The first-order valence-electron chi connectivity index (χ1n) is 10.7. The number of hydrogen-bond acceptors (Lipinski definition) is 8. The summed E-state index contributed by atoms with van der Waals surface area (Å²) in [6.45, 7) is 4.07. The molecule has 2 N–H and O–H groups in total. The van der Waals surface area contributed by atoms with Crippen molar-refractivity contribution in [2.75, 3.05) is 43.4 Å². The van der Waals surface area contributed by atoms with Crippen LogP contribution in [0.15, 0.2) is 49.1 Å². The van der Waals surface area contributed by atoms with E-state index in [2.05, 4.69) is 52.2 Å². The van der Waals surface area contributed by atoms with E-state index in [0.29, 0.717) is 22.4 Å². The first-order chi connectivity index (χ1) is 16.1. The van der Waals surface area contributed by atoms with Gasteiger partial charge in [-0.15, -0.1) is 0 Å². The zero-order chi connectivity index (χ0) is 22.4. The van der Waals surface area contributed by atoms with Gasteiger partial charge in [-0.3, -0.25) is 0 Å². The molecule has 166 valence electrons. The lowest BCUT2D eigenvalue weighted by Crippen LogP contribution is -2.44. The Bertz CT molecular complexity index is 1430. The Morgan fingerprint density at radius 1 is 0.970 bits per heavy atom. The number of H-pyrrole nitrogens is 1. The number of hydrogen-bond donors (Lipinski definition) is 2. The fourth-order valence-corrected chi connectivity index (χ4v) is 4.15. The molecule has 0 bridgehead atoms. The monoisotopic (exact) mass is 460 g/mol. The maximum Gasteiger partial charge on any atom is 0.229 e. The fraction of sp³-hybridized carbons (Fsp3) is 0.227. The molecule has 0 radical (unpaired) electrons. The minimum absolute atomic E-state index is 0.460. The van der Waals surface area contributed by atoms with Crippen molar-refractivity contribution in [3.8, 4) is 11.3 Å². The number of imidazole rings is 1. The minimum atomic E-state index is 0.460. The normalized spacial score (nSPS) is 14.9. The van der Waals surface area contributed by atoms with E-state index in [-0.39, 0.29) is 0 Å². The number of halogens is 1. The molecule has 6 rings (SSSR count). The molecule has 11 heteroatoms. The van der Waals surface area contributed by atoms with Gasteiger partial charge in [0.05, 0.1) is 23.8 Å². The molecule has 0 aliphatic carbocycles. The Kier molecular flexibility index (Phi) is 4.81. The van der Waals surface area contributed by atoms with Crippen LogP contribution in [0.5, 0.6) is 0 Å². The summed E-state index contributed by atoms with van der Waals surface area (Å²) < 4.78 is 1.60. The van der Waals surface area contributed by atoms with Crippen LogP contribution < -0.4 is 10.2 Å². The Balaban J connectivity index is 1.22. The van der Waals surface area contributed by atoms with Crippen molar-refractivity contribution in [3.63, 3.8) is 0 Å². The number of nitrogens with one attached hydrogen (secondary N) is 2. The third kappa shape index (κ3) is 3.73. The van der Waals surface area contributed by atoms with E-state index < -0.39 is 0 Å². The van der Waals surface area contributed by atoms with E-state index in [1.54, 1.807) is 16.9 Å². The van der Waals surface area contributed by atoms with Crippen LogP contribution in [-0.2, 0) is 0 Å². The van der Waals surface area contributed by atoms with E-state index in [0.717, 1.165) is 54.3 Å². The molecular formula is C22H21ClN10. The summed E-state index contributed by atoms with van der Waals surface area (Å²) in [5, 5.41) is 9.15. The number of aromatic amines is 1. The predicted octanol–water partition coefficient (Wildman–Crippen LogP) is 3.21. The molecule has 33 heavy (non-hydrogen) atoms. The number of aromatic nitrogens is 7. The Hall–Kier alpha value is -3.76. The number of nitrogens with zero attached hydrogens (tertiary/aromatic N) is 8. The molecule has 0 unspecified atom stereocenters. The van der Waals surface area contributed by atoms with Gasteiger partial charge < -0.3 is 20.1 Å². The first-order valence-corrected chi connectivity index (χ1v) is 11.0. The number of piperazine rings is 1. The second-order valence-corrected chi connectivity index (χ2v) is 8.44. The van der Waals surface area contributed by atoms with Crippen LogP contribution in [0.1, 0.15) is 0 Å². The van der Waals surface area contributed by atoms with Gasteiger partial charge in [-0.05, 0) is 31.3 Å². The second-order valence-electron chi connectivity index (χ2n) is 8.05. The van der Waals surface area contributed by atoms with Gasteiger partial charge in [-0.2, -0.15) is 10.1 Å². The van der Waals surface area contributed by atoms with Crippen LogP contribution in [0, 0.1) is 0 Å². The Morgan fingerprint density at radius 3 is 2.67 bits per heavy atom. The SMILES string of the molecule is CN1CCN(c2ccc(Nc3ncc4c(-c5ccc6ncc(Cl)n6n5)c[nH]c4n3)cn2)CC1. The molecule has 1 saturated heterocycles. The van der Waals surface area contributed by atoms with Crippen LogP contribution in [0.4, 0.5) is 17.5 Å². The summed E-state index contributed by atoms with van der Waals surface area (Å²) in [5.74, 6) is 1.48. The summed E-state index contributed by atoms with van der Waals surface area (Å²) in [6, 6.07) is 7.81. The lowest BCUT2D eigenvalue weighted by molar-refractivity contribution is 0.312. The van der Waals surface area contributed by atoms with Crippen molar-refractivity contribution in [2.24, 2.45) is 0 Å². The van der Waals surface area contributed by atoms with Gasteiger partial charge in [-0.25, -0.2) is 19.5 Å². The van der Waals surface area contributed by atoms with E-state index in [9.17, 15) is 0 Å². The van der Waals surface area contributed by atoms with Gasteiger partial charge in [0.1, 0.15) is 11.5 Å². The van der Waals surface area contributed by atoms with Crippen molar-refractivity contribution in [3.05, 3.63) is 54.2 Å². The summed E-state index contributed by atoms with van der Waals surface area (Å²) in [5.41, 5.74) is 3.88. The maximum atomic E-state index is 6.17. The highest BCUT2D eigenvalue weighted by molar-refractivity contribution is 6.29. The number of rotatable bonds is 4. The predicted molar refractivity (Wildman–Crippen MR) is 128 cm³/mol. The Labute approximate surface area is 194 Å². The van der Waals surface area contributed by atoms with Crippen molar-refractivity contribution in [1.82, 2.24) is 39.4 Å². The van der Waals surface area contributed by atoms with E-state index in [1.807, 2.05) is 36.7 Å². The molecule has 0 spiro atoms. The van der Waals surface area contributed by atoms with E-state index in [1.165, 1.54) is 0 Å². The highest BCUT2D eigenvalue weighted by atomic mass is 35.5. The van der Waals surface area contributed by atoms with E-state index >= 15 is 0 Å². The molecule has 10 nitrogen and oxygen atoms in total. The third-order valence-corrected chi connectivity index (χ3v) is 6.12. The van der Waals surface area contributed by atoms with Gasteiger partial charge in [-0.1, -0.05) is 11.6 Å². The molecular weight excluding hydrogens is 440 g/mol. The zero-order valence-corrected chi connectivity index (χ0v) is 18.7. The minimum Gasteiger partial charge on any atom is -0.354 e. The number of anilines is 3. The maximum absolute atomic E-state index is 6.17. The van der Waals surface area contributed by atoms with Gasteiger partial charge in [0.25, 0.3) is 0 Å². The molecule has 0 aromatic carbocycles. The Morgan fingerprint density at radius 2 is 1.85 bits per heavy atom. The second kappa shape index (κ2) is 7.98. The average molecular weight is 461 g/mol. The quantitative estimate of drug-likeness (QED) is 0.421. The summed E-state index contributed by atoms with van der Waals surface area (Å²) in [6.07, 6.45) is 7.05. The van der Waals surface area contributed by atoms with Crippen LogP contribution in [-0.4, -0.2) is 72.7 Å². The summed E-state index contributed by atoms with van der Waals surface area (Å²) in [7, 11) is 2.14. The fourth-order valence-electron chi connectivity index (χ4n) is 3.98. The number of pyridine rings is 1. The largest absolute Gasteiger partial charge is 0.354 e. The molecule has 1 fully saturated rings. The lowest BCUT2D eigenvalue weighted by atomic mass is 10.2. The molecule has 1 aliphatic rings. The van der Waals surface area contributed by atoms with Gasteiger partial charge >= 0.3 is 0 Å². The molecule has 5 aromatic heterocycles. The smallest absolute Gasteiger partial charge is 0.229 e. The van der Waals surface area contributed by atoms with Crippen LogP contribution in [0.3, 0.4) is 0 Å². The standard InChI is InChI=1S/C22H21ClN10/c1-31-6-8-32(9-7-31)19-4-2-14(10-24-19)28-22-27-12-16-15(11-26-21(16)29-22)17-3-5-20-25-13-18(23)33(20)30-17/h2-5,10-13H,6-9H2,1H3,(H2,26,27,28,29). The average Bonchev–Trinajstić information content (AvgIpc) is 3.43. The van der Waals surface area contributed by atoms with Gasteiger partial charge in [0, 0.05) is 49.5 Å². The summed E-state index contributed by atoms with van der Waals surface area (Å²) in [4.78, 5) is 25.8. The topological polar surface area (TPSA) is 103 Å². The highest BCUT2D eigenvalue weighted by Gasteiger charge is 2.15. The highest BCUT2D eigenvalue weighted by Crippen LogP contribution is 2.27. The first kappa shape index (κ1) is 19.9. The molecule has 6 heterocycles. The third-order valence-electron chi connectivity index (χ3n) is 5.86. The number of fused-ring (bicyclic) bond motifs is 2. The summed E-state index contributed by atoms with van der Waals surface area (Å²) >= 11 is 6.17. The molecule has 1 aliphatic heterocycles. The van der Waals surface area contributed by atoms with Gasteiger partial charge in [0.2, 0.25) is 5.95 Å². The molecule has 0 saturated carbocycles. The molecule has 0 amide bonds. The van der Waals surface area contributed by atoms with Gasteiger partial charge in [0.15, 0.2) is 10.8 Å².